The van der Waals surface area contributed by atoms with Gasteiger partial charge in [-0.05, 0) is 256 Å². The summed E-state index contributed by atoms with van der Waals surface area (Å²) in [6, 6.07) is 149. The molecule has 2 aliphatic carbocycles. The molecule has 0 saturated carbocycles. The third-order valence-corrected chi connectivity index (χ3v) is 28.7. The van der Waals surface area contributed by atoms with Gasteiger partial charge in [0.2, 0.25) is 0 Å². The average Bonchev–Trinajstić information content (AvgIpc) is 1.52. The normalized spacial score (nSPS) is 13.2. The lowest BCUT2D eigenvalue weighted by molar-refractivity contribution is 0.666. The monoisotopic (exact) mass is 1570 g/mol. The number of hydrogen-bond acceptors (Lipinski definition) is 2. The Bertz CT molecular complexity index is 8520. The second-order valence-electron chi connectivity index (χ2n) is 34.6. The first-order valence-corrected chi connectivity index (χ1v) is 43.5. The number of rotatable bonds is 7. The maximum atomic E-state index is 6.61. The summed E-state index contributed by atoms with van der Waals surface area (Å²) in [5.41, 5.74) is 30.0. The van der Waals surface area contributed by atoms with E-state index in [9.17, 15) is 0 Å². The van der Waals surface area contributed by atoms with Gasteiger partial charge in [0.25, 0.3) is 0 Å². The molecule has 570 valence electrons. The van der Waals surface area contributed by atoms with Crippen LogP contribution < -0.4 is 0 Å². The molecular formula is C120H78OS. The summed E-state index contributed by atoms with van der Waals surface area (Å²) in [5.74, 6) is 0. The Balaban J connectivity index is 0.000000136. The molecule has 0 aliphatic heterocycles. The van der Waals surface area contributed by atoms with Gasteiger partial charge in [0.15, 0.2) is 0 Å². The zero-order chi connectivity index (χ0) is 80.8. The van der Waals surface area contributed by atoms with Crippen molar-refractivity contribution in [1.82, 2.24) is 0 Å². The topological polar surface area (TPSA) is 13.1 Å². The van der Waals surface area contributed by atoms with Crippen LogP contribution in [0.3, 0.4) is 0 Å². The van der Waals surface area contributed by atoms with Gasteiger partial charge in [-0.1, -0.05) is 386 Å². The minimum atomic E-state index is -0.138. The predicted molar refractivity (Wildman–Crippen MR) is 524 cm³/mol. The van der Waals surface area contributed by atoms with E-state index in [-0.39, 0.29) is 10.8 Å². The van der Waals surface area contributed by atoms with E-state index in [1.54, 1.807) is 0 Å². The van der Waals surface area contributed by atoms with Crippen molar-refractivity contribution in [3.8, 4) is 100 Å². The molecule has 0 saturated heterocycles. The van der Waals surface area contributed by atoms with Crippen LogP contribution >= 0.6 is 11.3 Å². The van der Waals surface area contributed by atoms with Crippen molar-refractivity contribution in [3.05, 3.63) is 423 Å². The zero-order valence-electron chi connectivity index (χ0n) is 67.9. The lowest BCUT2D eigenvalue weighted by Crippen LogP contribution is -2.15. The van der Waals surface area contributed by atoms with Gasteiger partial charge in [-0.3, -0.25) is 0 Å². The Labute approximate surface area is 710 Å². The van der Waals surface area contributed by atoms with Crippen molar-refractivity contribution < 1.29 is 4.42 Å². The molecule has 2 heterocycles. The number of benzene rings is 22. The number of hydrogen-bond donors (Lipinski definition) is 0. The Kier molecular flexibility index (Phi) is 15.5. The predicted octanol–water partition coefficient (Wildman–Crippen LogP) is 34.3. The van der Waals surface area contributed by atoms with Crippen molar-refractivity contribution in [1.29, 1.82) is 0 Å². The van der Waals surface area contributed by atoms with Crippen molar-refractivity contribution in [2.75, 3.05) is 0 Å². The second kappa shape index (κ2) is 26.9. The van der Waals surface area contributed by atoms with E-state index in [2.05, 4.69) is 428 Å². The first-order valence-electron chi connectivity index (χ1n) is 42.7. The second-order valence-corrected chi connectivity index (χ2v) is 35.6. The van der Waals surface area contributed by atoms with E-state index in [1.807, 2.05) is 11.3 Å². The van der Waals surface area contributed by atoms with Crippen LogP contribution in [0, 0.1) is 0 Å². The molecule has 2 aliphatic rings. The summed E-state index contributed by atoms with van der Waals surface area (Å²) >= 11 is 1.90. The average molecular weight is 1570 g/mol. The molecule has 0 N–H and O–H groups in total. The molecule has 0 radical (unpaired) electrons. The largest absolute Gasteiger partial charge is 0.456 e. The van der Waals surface area contributed by atoms with Gasteiger partial charge in [-0.15, -0.1) is 11.3 Å². The van der Waals surface area contributed by atoms with E-state index in [4.69, 9.17) is 4.42 Å². The first kappa shape index (κ1) is 70.2. The van der Waals surface area contributed by atoms with Crippen LogP contribution in [-0.4, -0.2) is 0 Å². The van der Waals surface area contributed by atoms with Gasteiger partial charge in [0.05, 0.1) is 0 Å². The molecule has 1 nitrogen and oxygen atoms in total. The lowest BCUT2D eigenvalue weighted by Gasteiger charge is -2.24. The molecule has 0 atom stereocenters. The van der Waals surface area contributed by atoms with E-state index in [0.717, 1.165) is 21.9 Å². The van der Waals surface area contributed by atoms with E-state index in [0.29, 0.717) is 0 Å². The summed E-state index contributed by atoms with van der Waals surface area (Å²) in [6.07, 6.45) is 0. The zero-order valence-corrected chi connectivity index (χ0v) is 68.7. The molecule has 2 aromatic heterocycles. The van der Waals surface area contributed by atoms with Crippen LogP contribution in [0.1, 0.15) is 49.9 Å². The number of thiophene rings is 1. The number of fused-ring (bicyclic) bond motifs is 27. The molecule has 122 heavy (non-hydrogen) atoms. The van der Waals surface area contributed by atoms with Gasteiger partial charge in [-0.2, -0.15) is 0 Å². The van der Waals surface area contributed by atoms with Crippen molar-refractivity contribution in [2.24, 2.45) is 0 Å². The fourth-order valence-corrected chi connectivity index (χ4v) is 23.3. The Hall–Kier alpha value is -14.8. The van der Waals surface area contributed by atoms with Gasteiger partial charge < -0.3 is 4.42 Å². The van der Waals surface area contributed by atoms with E-state index in [1.165, 1.54) is 240 Å². The molecule has 2 heteroatoms. The summed E-state index contributed by atoms with van der Waals surface area (Å²) in [6.45, 7) is 9.59. The number of furan rings is 1. The summed E-state index contributed by atoms with van der Waals surface area (Å²) in [5, 5.41) is 28.1. The van der Waals surface area contributed by atoms with Crippen LogP contribution in [0.4, 0.5) is 0 Å². The van der Waals surface area contributed by atoms with Gasteiger partial charge >= 0.3 is 0 Å². The van der Waals surface area contributed by atoms with Crippen LogP contribution in [-0.2, 0) is 10.8 Å². The minimum absolute atomic E-state index is 0.104. The summed E-state index contributed by atoms with van der Waals surface area (Å²) < 4.78 is 9.29. The Morgan fingerprint density at radius 2 is 0.508 bits per heavy atom. The van der Waals surface area contributed by atoms with Gasteiger partial charge in [0, 0.05) is 47.3 Å². The van der Waals surface area contributed by atoms with Crippen LogP contribution in [0.2, 0.25) is 0 Å². The fourth-order valence-electron chi connectivity index (χ4n) is 22.1. The highest BCUT2D eigenvalue weighted by Gasteiger charge is 2.41. The smallest absolute Gasteiger partial charge is 0.135 e. The minimum Gasteiger partial charge on any atom is -0.456 e. The highest BCUT2D eigenvalue weighted by Crippen LogP contribution is 2.59. The molecule has 26 rings (SSSR count). The molecule has 0 fully saturated rings. The van der Waals surface area contributed by atoms with Crippen molar-refractivity contribution in [3.63, 3.8) is 0 Å². The summed E-state index contributed by atoms with van der Waals surface area (Å²) in [7, 11) is 0. The molecule has 0 unspecified atom stereocenters. The molecule has 0 spiro atoms. The van der Waals surface area contributed by atoms with Crippen molar-refractivity contribution >= 4 is 150 Å². The van der Waals surface area contributed by atoms with Gasteiger partial charge in [-0.25, -0.2) is 0 Å². The van der Waals surface area contributed by atoms with E-state index >= 15 is 0 Å². The first-order chi connectivity index (χ1) is 60.1. The fraction of sp³-hybridized carbons (Fsp3) is 0.0500. The maximum absolute atomic E-state index is 6.61. The molecule has 24 aromatic rings. The van der Waals surface area contributed by atoms with Crippen LogP contribution in [0.15, 0.2) is 405 Å². The van der Waals surface area contributed by atoms with E-state index < -0.39 is 0 Å². The molecule has 0 bridgehead atoms. The highest BCUT2D eigenvalue weighted by atomic mass is 32.1. The quantitative estimate of drug-likeness (QED) is 0.114. The Morgan fingerprint density at radius 3 is 1.03 bits per heavy atom. The highest BCUT2D eigenvalue weighted by molar-refractivity contribution is 7.26. The van der Waals surface area contributed by atoms with Crippen LogP contribution in [0.25, 0.3) is 239 Å². The third kappa shape index (κ3) is 10.4. The molecular weight excluding hydrogens is 1490 g/mol. The Morgan fingerprint density at radius 1 is 0.189 bits per heavy atom. The lowest BCUT2D eigenvalue weighted by atomic mass is 9.79. The molecule has 22 aromatic carbocycles. The van der Waals surface area contributed by atoms with Gasteiger partial charge in [0.1, 0.15) is 11.2 Å². The standard InChI is InChI=1S/C65H42O.C55H36S/c1-65(2)58-33-30-40(37-57(58)63-49-23-9-6-20-46(49)47-21-7-14-28-54(47)64(63)65)41-31-34-59-55(36-41)56-38-42(32-35-60(56)66-59)61-50-24-10-12-26-52(50)62(53-27-13-11-25-51(53)61)48-22-8-5-19-45(48)44-29-15-17-39-16-3-4-18-43(39)44;1-55(2)48-31-30-35(32-47(48)52-39-17-5-3-14-36(39)37-15-4-10-22-44(37)53(52)55)33-26-28-34(29-27-33)50-40-18-6-8-20-42(40)51(43-21-9-7-19-41(43)50)46-24-13-23-45-38-16-11-12-25-49(38)56-54(45)46/h3-38H,1-2H3;3-32H,1-2H3. The SMILES string of the molecule is CC1(C)c2ccc(-c3ccc(-c4c5ccccc5c(-c5cccc6c5sc5ccccc56)c5ccccc45)cc3)cc2-c2c1c1ccccc1c1ccccc21.CC1(C)c2ccc(-c3ccc4oc5ccc(-c6c7ccccc7c(-c7ccccc7-c7cccc8ccccc78)c7ccccc67)cc5c4c3)cc2-c2c1c1ccccc1c1ccccc21. The van der Waals surface area contributed by atoms with Crippen LogP contribution in [0.5, 0.6) is 0 Å². The van der Waals surface area contributed by atoms with Crippen molar-refractivity contribution in [2.45, 2.75) is 38.5 Å². The maximum Gasteiger partial charge on any atom is 0.135 e. The summed E-state index contributed by atoms with van der Waals surface area (Å²) in [4.78, 5) is 0. The third-order valence-electron chi connectivity index (χ3n) is 27.5. The molecule has 0 amide bonds.